The molecule has 840 valence electrons. The standard InChI is InChI=1S/4C16H26O3.4C15H24O3/c1-3-10(2)15(18)19-9-16-7-11-4-12(8-16)6-13(5-11)14(16)17;1-3-10(2)15(18)19-9-16-6-11-4-12(7-16)14(17)13(5-11)8-16;1-3-9(2)16(18)19-8-14-10-4-12-6-11(14)7-13(5-10)15(12)17;1-3-9(2)16(18)19-8-14-11-4-10-5-12(7-11)15(17)13(14)6-10;1-3-9(2)14(17)18-15-7-10-4-11(8-15)6-12(5-10)13(15)16;1-3-9(2)14(17)18-15-6-10-4-11(7-15)13(16)12(5-10)8-15;1-3-8(2)15(17)18-14-11-4-9-5-12(14)7-10(6-11)13(9)16;1-3-8(2)15(17)18-14-11-5-9-4-10(7-11)13(16)12(14)6-9/h2*10-14,17H,3-9H2,1-2H3;2*9-15,17H,3-8H2,1-2H3;2*9-13,16H,3-8H2,1-2H3;2*8-14,16H,3-7H2,1-2H3. The lowest BCUT2D eigenvalue weighted by Crippen LogP contribution is -2.62. The van der Waals surface area contributed by atoms with E-state index in [2.05, 4.69) is 0 Å². The van der Waals surface area contributed by atoms with Gasteiger partial charge in [-0.3, -0.25) is 38.4 Å². The lowest BCUT2D eigenvalue weighted by Gasteiger charge is -2.59. The van der Waals surface area contributed by atoms with Gasteiger partial charge in [0.25, 0.3) is 0 Å². The molecule has 0 aromatic heterocycles. The summed E-state index contributed by atoms with van der Waals surface area (Å²) in [5, 5.41) is 82.5. The van der Waals surface area contributed by atoms with Gasteiger partial charge in [0, 0.05) is 22.7 Å². The van der Waals surface area contributed by atoms with E-state index in [-0.39, 0.29) is 172 Å². The predicted octanol–water partition coefficient (Wildman–Crippen LogP) is 20.5. The molecule has 0 aromatic rings. The second kappa shape index (κ2) is 48.1. The molecule has 32 saturated carbocycles. The topological polar surface area (TPSA) is 372 Å². The molecule has 32 bridgehead atoms. The number of ether oxygens (including phenoxy) is 8. The van der Waals surface area contributed by atoms with Gasteiger partial charge in [-0.25, -0.2) is 0 Å². The zero-order valence-electron chi connectivity index (χ0n) is 93.8. The Kier molecular flexibility index (Phi) is 37.2. The van der Waals surface area contributed by atoms with Crippen LogP contribution < -0.4 is 0 Å². The van der Waals surface area contributed by atoms with Crippen LogP contribution in [0.3, 0.4) is 0 Å². The molecule has 0 amide bonds. The van der Waals surface area contributed by atoms with Crippen LogP contribution in [0.1, 0.15) is 393 Å². The summed E-state index contributed by atoms with van der Waals surface area (Å²) in [5.41, 5.74) is -0.678. The molecule has 0 aliphatic heterocycles. The fourth-order valence-corrected chi connectivity index (χ4v) is 37.2. The van der Waals surface area contributed by atoms with Crippen LogP contribution in [0.2, 0.25) is 0 Å². The van der Waals surface area contributed by atoms with Gasteiger partial charge in [-0.15, -0.1) is 0 Å². The van der Waals surface area contributed by atoms with Gasteiger partial charge in [-0.1, -0.05) is 111 Å². The summed E-state index contributed by atoms with van der Waals surface area (Å²) in [7, 11) is 0. The maximum Gasteiger partial charge on any atom is 0.309 e. The molecule has 32 fully saturated rings. The average Bonchev–Trinajstić information content (AvgIpc) is 0.729. The molecule has 148 heavy (non-hydrogen) atoms. The van der Waals surface area contributed by atoms with Crippen molar-refractivity contribution in [1.82, 2.24) is 0 Å². The van der Waals surface area contributed by atoms with Crippen LogP contribution in [0.25, 0.3) is 0 Å². The van der Waals surface area contributed by atoms with E-state index in [1.165, 1.54) is 70.6 Å². The highest BCUT2D eigenvalue weighted by Gasteiger charge is 2.65. The number of aliphatic hydroxyl groups is 8. The third kappa shape index (κ3) is 24.5. The van der Waals surface area contributed by atoms with E-state index in [1.807, 2.05) is 111 Å². The Hall–Kier alpha value is -4.56. The van der Waals surface area contributed by atoms with Crippen molar-refractivity contribution in [3.8, 4) is 0 Å². The number of carbonyl (C=O) groups is 8. The van der Waals surface area contributed by atoms with Crippen molar-refractivity contribution >= 4 is 47.8 Å². The minimum absolute atomic E-state index is 0.00163. The quantitative estimate of drug-likeness (QED) is 0.0266. The lowest BCUT2D eigenvalue weighted by molar-refractivity contribution is -0.230. The van der Waals surface area contributed by atoms with Crippen LogP contribution in [0.5, 0.6) is 0 Å². The zero-order valence-corrected chi connectivity index (χ0v) is 93.8. The van der Waals surface area contributed by atoms with Crippen molar-refractivity contribution in [2.75, 3.05) is 26.4 Å². The van der Waals surface area contributed by atoms with E-state index < -0.39 is 11.7 Å². The summed E-state index contributed by atoms with van der Waals surface area (Å²) in [5.74, 6) is 16.2. The molecule has 0 radical (unpaired) electrons. The Balaban J connectivity index is 0.000000115. The largest absolute Gasteiger partial charge is 0.465 e. The van der Waals surface area contributed by atoms with Crippen molar-refractivity contribution in [1.29, 1.82) is 0 Å². The first-order valence-corrected chi connectivity index (χ1v) is 61.5. The second-order valence-corrected chi connectivity index (χ2v) is 56.0. The maximum atomic E-state index is 12.1. The normalized spacial score (nSPS) is 46.1. The zero-order chi connectivity index (χ0) is 106. The van der Waals surface area contributed by atoms with Crippen LogP contribution in [-0.4, -0.2) is 187 Å². The molecular weight excluding hydrogens is 1870 g/mol. The molecular formula is C124H200O24. The number of esters is 8. The van der Waals surface area contributed by atoms with E-state index in [9.17, 15) is 79.2 Å². The molecule has 0 saturated heterocycles. The van der Waals surface area contributed by atoms with Gasteiger partial charge in [0.2, 0.25) is 0 Å². The first-order chi connectivity index (χ1) is 70.5. The van der Waals surface area contributed by atoms with Crippen LogP contribution in [0.15, 0.2) is 0 Å². The van der Waals surface area contributed by atoms with Crippen LogP contribution in [0, 0.1) is 236 Å². The Labute approximate surface area is 887 Å². The van der Waals surface area contributed by atoms with Crippen molar-refractivity contribution in [2.24, 2.45) is 236 Å². The lowest BCUT2D eigenvalue weighted by atomic mass is 9.48. The van der Waals surface area contributed by atoms with Gasteiger partial charge in [0.05, 0.1) is 123 Å². The summed E-state index contributed by atoms with van der Waals surface area (Å²) in [4.78, 5) is 95.4. The maximum absolute atomic E-state index is 12.1. The highest BCUT2D eigenvalue weighted by molar-refractivity contribution is 5.75. The Morgan fingerprint density at radius 1 is 0.236 bits per heavy atom. The van der Waals surface area contributed by atoms with Gasteiger partial charge in [-0.2, -0.15) is 0 Å². The molecule has 0 heterocycles. The van der Waals surface area contributed by atoms with Gasteiger partial charge in [-0.05, 0) is 448 Å². The highest BCUT2D eigenvalue weighted by Crippen LogP contribution is 2.66. The fourth-order valence-electron chi connectivity index (χ4n) is 37.2. The van der Waals surface area contributed by atoms with Gasteiger partial charge in [0.15, 0.2) is 0 Å². The number of hydrogen-bond acceptors (Lipinski definition) is 24. The van der Waals surface area contributed by atoms with E-state index in [0.717, 1.165) is 241 Å². The summed E-state index contributed by atoms with van der Waals surface area (Å²) in [6, 6.07) is 0. The third-order valence-corrected chi connectivity index (χ3v) is 46.0. The minimum atomic E-state index is -0.532. The van der Waals surface area contributed by atoms with Gasteiger partial charge in [0.1, 0.15) is 23.4 Å². The Morgan fingerprint density at radius 3 is 0.980 bits per heavy atom. The van der Waals surface area contributed by atoms with Gasteiger partial charge >= 0.3 is 47.8 Å². The molecule has 30 atom stereocenters. The second-order valence-electron chi connectivity index (χ2n) is 56.0. The number of aliphatic hydroxyl groups excluding tert-OH is 8. The summed E-state index contributed by atoms with van der Waals surface area (Å²) in [6.45, 7) is 33.8. The van der Waals surface area contributed by atoms with E-state index in [4.69, 9.17) is 37.9 Å². The van der Waals surface area contributed by atoms with E-state index in [0.29, 0.717) is 168 Å². The Morgan fingerprint density at radius 2 is 0.534 bits per heavy atom. The number of hydrogen-bond donors (Lipinski definition) is 8. The highest BCUT2D eigenvalue weighted by atomic mass is 16.6. The first-order valence-electron chi connectivity index (χ1n) is 61.5. The van der Waals surface area contributed by atoms with Crippen molar-refractivity contribution in [3.63, 3.8) is 0 Å². The van der Waals surface area contributed by atoms with Crippen molar-refractivity contribution in [2.45, 2.75) is 466 Å². The molecule has 0 spiro atoms. The van der Waals surface area contributed by atoms with Gasteiger partial charge < -0.3 is 78.7 Å². The van der Waals surface area contributed by atoms with Crippen LogP contribution >= 0.6 is 0 Å². The number of carbonyl (C=O) groups excluding carboxylic acids is 8. The van der Waals surface area contributed by atoms with Crippen LogP contribution in [-0.2, 0) is 76.3 Å². The van der Waals surface area contributed by atoms with Crippen molar-refractivity contribution < 1.29 is 117 Å². The molecule has 8 N–H and O–H groups in total. The molecule has 0 aromatic carbocycles. The smallest absolute Gasteiger partial charge is 0.309 e. The van der Waals surface area contributed by atoms with Crippen LogP contribution in [0.4, 0.5) is 0 Å². The summed E-state index contributed by atoms with van der Waals surface area (Å²) >= 11 is 0. The fraction of sp³-hybridized carbons (Fsp3) is 0.935. The van der Waals surface area contributed by atoms with E-state index >= 15 is 0 Å². The van der Waals surface area contributed by atoms with Crippen molar-refractivity contribution in [3.05, 3.63) is 0 Å². The third-order valence-electron chi connectivity index (χ3n) is 46.0. The molecule has 24 nitrogen and oxygen atoms in total. The molecule has 32 aliphatic rings. The number of rotatable bonds is 28. The molecule has 32 rings (SSSR count). The molecule has 32 aliphatic carbocycles. The summed E-state index contributed by atoms with van der Waals surface area (Å²) < 4.78 is 45.5. The summed E-state index contributed by atoms with van der Waals surface area (Å²) in [6.07, 6.45) is 45.7. The predicted molar refractivity (Wildman–Crippen MR) is 561 cm³/mol. The minimum Gasteiger partial charge on any atom is -0.465 e. The first kappa shape index (κ1) is 114. The molecule has 24 heteroatoms. The SMILES string of the molecule is CCC(C)C(=O)OC12CC3CC(C1)C(O)C(C3)C2.CCC(C)C(=O)OC12CC3CC(CC(C3)C1O)C2.CCC(C)C(=O)OC1C2CC3CC(C2)C(O)C1C3.CCC(C)C(=O)OC1C2CC3CC1CC(C2)C3O.CCC(C)C(=O)OCC12CC3CC(C1)C(O)C(C3)C2.CCC(C)C(=O)OCC12CC3CC(CC(C3)C1O)C2.CCC(C)C(=O)OCC1C2CC3CC(C2)C(O)C1C3.CCC(C)C(=O)OCC1C2CC3CC1CC(C2)C3O. The van der Waals surface area contributed by atoms with E-state index in [1.54, 1.807) is 0 Å². The monoisotopic (exact) mass is 2070 g/mol. The molecule has 30 unspecified atom stereocenters. The average molecular weight is 2070 g/mol. The Bertz CT molecular complexity index is 4320.